The Morgan fingerprint density at radius 2 is 1.41 bits per heavy atom. The highest BCUT2D eigenvalue weighted by Gasteiger charge is 2.14. The molecule has 3 rings (SSSR count). The predicted octanol–water partition coefficient (Wildman–Crippen LogP) is 2.13. The Hall–Kier alpha value is -4.20. The van der Waals surface area contributed by atoms with Crippen molar-refractivity contribution in [3.8, 4) is 0 Å². The first-order chi connectivity index (χ1) is 14.0. The zero-order chi connectivity index (χ0) is 20.6. The van der Waals surface area contributed by atoms with E-state index in [1.54, 1.807) is 24.3 Å². The zero-order valence-electron chi connectivity index (χ0n) is 15.1. The smallest absolute Gasteiger partial charge is 0.338 e. The average Bonchev–Trinajstić information content (AvgIpc) is 3.31. The fourth-order valence-corrected chi connectivity index (χ4v) is 2.36. The second-order valence-corrected chi connectivity index (χ2v) is 5.83. The number of benzene rings is 2. The van der Waals surface area contributed by atoms with Crippen molar-refractivity contribution >= 4 is 23.6 Å². The van der Waals surface area contributed by atoms with Crippen molar-refractivity contribution in [3.63, 3.8) is 0 Å². The van der Waals surface area contributed by atoms with Crippen LogP contribution in [0.5, 0.6) is 0 Å². The van der Waals surface area contributed by atoms with Crippen molar-refractivity contribution in [2.45, 2.75) is 0 Å². The molecule has 1 heterocycles. The Morgan fingerprint density at radius 1 is 0.759 bits per heavy atom. The molecule has 0 unspecified atom stereocenters. The number of ketones is 1. The summed E-state index contributed by atoms with van der Waals surface area (Å²) in [5.74, 6) is -2.26. The molecule has 146 valence electrons. The Morgan fingerprint density at radius 3 is 2.07 bits per heavy atom. The summed E-state index contributed by atoms with van der Waals surface area (Å²) in [4.78, 5) is 47.7. The number of ether oxygens (including phenoxy) is 1. The summed E-state index contributed by atoms with van der Waals surface area (Å²) in [6.07, 6.45) is 1.32. The summed E-state index contributed by atoms with van der Waals surface area (Å²) in [6.45, 7) is -0.595. The average molecular weight is 392 g/mol. The third kappa shape index (κ3) is 5.16. The Labute approximate surface area is 165 Å². The fraction of sp³-hybridized carbons (Fsp3) is 0.0476. The molecular formula is C21H16N2O6. The van der Waals surface area contributed by atoms with Gasteiger partial charge in [-0.2, -0.15) is 0 Å². The zero-order valence-corrected chi connectivity index (χ0v) is 15.1. The molecule has 8 heteroatoms. The van der Waals surface area contributed by atoms with Crippen molar-refractivity contribution < 1.29 is 28.3 Å². The lowest BCUT2D eigenvalue weighted by molar-refractivity contribution is -0.125. The van der Waals surface area contributed by atoms with Crippen LogP contribution in [0.4, 0.5) is 0 Å². The van der Waals surface area contributed by atoms with Crippen LogP contribution in [0.2, 0.25) is 0 Å². The number of hydrazine groups is 1. The molecule has 0 aliphatic heterocycles. The van der Waals surface area contributed by atoms with E-state index in [1.165, 1.54) is 42.7 Å². The SMILES string of the molecule is O=C(COC(=O)c1ccc(C(=O)c2ccccc2)cc1)NNC(=O)c1ccco1. The highest BCUT2D eigenvalue weighted by Crippen LogP contribution is 2.12. The summed E-state index contributed by atoms with van der Waals surface area (Å²) in [7, 11) is 0. The van der Waals surface area contributed by atoms with Gasteiger partial charge in [-0.25, -0.2) is 4.79 Å². The van der Waals surface area contributed by atoms with Crippen LogP contribution in [0.3, 0.4) is 0 Å². The van der Waals surface area contributed by atoms with E-state index in [1.807, 2.05) is 6.07 Å². The maximum absolute atomic E-state index is 12.3. The molecule has 0 bridgehead atoms. The number of hydrogen-bond acceptors (Lipinski definition) is 6. The highest BCUT2D eigenvalue weighted by molar-refractivity contribution is 6.09. The Balaban J connectivity index is 1.48. The topological polar surface area (TPSA) is 115 Å². The van der Waals surface area contributed by atoms with Gasteiger partial charge in [0.25, 0.3) is 5.91 Å². The van der Waals surface area contributed by atoms with E-state index in [-0.39, 0.29) is 17.1 Å². The monoisotopic (exact) mass is 392 g/mol. The van der Waals surface area contributed by atoms with Crippen molar-refractivity contribution in [2.75, 3.05) is 6.61 Å². The molecule has 1 aromatic heterocycles. The molecule has 2 aromatic carbocycles. The molecule has 0 aliphatic carbocycles. The first-order valence-corrected chi connectivity index (χ1v) is 8.54. The fourth-order valence-electron chi connectivity index (χ4n) is 2.36. The molecule has 0 fully saturated rings. The molecule has 0 aliphatic rings. The van der Waals surface area contributed by atoms with E-state index in [4.69, 9.17) is 9.15 Å². The molecule has 2 amide bonds. The lowest BCUT2D eigenvalue weighted by atomic mass is 10.0. The molecule has 0 spiro atoms. The van der Waals surface area contributed by atoms with Crippen molar-refractivity contribution in [2.24, 2.45) is 0 Å². The van der Waals surface area contributed by atoms with Gasteiger partial charge in [0.15, 0.2) is 18.2 Å². The molecular weight excluding hydrogens is 376 g/mol. The second-order valence-electron chi connectivity index (χ2n) is 5.83. The van der Waals surface area contributed by atoms with Gasteiger partial charge in [0.1, 0.15) is 0 Å². The van der Waals surface area contributed by atoms with Crippen molar-refractivity contribution in [1.29, 1.82) is 0 Å². The van der Waals surface area contributed by atoms with Gasteiger partial charge < -0.3 is 9.15 Å². The van der Waals surface area contributed by atoms with Gasteiger partial charge in [0.2, 0.25) is 0 Å². The van der Waals surface area contributed by atoms with Crippen LogP contribution in [0.15, 0.2) is 77.4 Å². The lowest BCUT2D eigenvalue weighted by Gasteiger charge is -2.07. The first-order valence-electron chi connectivity index (χ1n) is 8.54. The molecule has 0 radical (unpaired) electrons. The molecule has 0 saturated carbocycles. The van der Waals surface area contributed by atoms with E-state index in [9.17, 15) is 19.2 Å². The summed E-state index contributed by atoms with van der Waals surface area (Å²) < 4.78 is 9.75. The van der Waals surface area contributed by atoms with Gasteiger partial charge in [0, 0.05) is 11.1 Å². The number of esters is 1. The van der Waals surface area contributed by atoms with Gasteiger partial charge in [-0.15, -0.1) is 0 Å². The van der Waals surface area contributed by atoms with Crippen molar-refractivity contribution in [1.82, 2.24) is 10.9 Å². The molecule has 0 saturated heterocycles. The van der Waals surface area contributed by atoms with Gasteiger partial charge in [-0.3, -0.25) is 25.2 Å². The van der Waals surface area contributed by atoms with Gasteiger partial charge in [0.05, 0.1) is 11.8 Å². The van der Waals surface area contributed by atoms with E-state index in [2.05, 4.69) is 10.9 Å². The van der Waals surface area contributed by atoms with Gasteiger partial charge in [-0.1, -0.05) is 42.5 Å². The van der Waals surface area contributed by atoms with Crippen LogP contribution in [0.25, 0.3) is 0 Å². The second kappa shape index (κ2) is 9.14. The standard InChI is InChI=1S/C21H16N2O6/c24-18(22-23-20(26)17-7-4-12-28-17)13-29-21(27)16-10-8-15(9-11-16)19(25)14-5-2-1-3-6-14/h1-12H,13H2,(H,22,24)(H,23,26). The number of rotatable bonds is 6. The van der Waals surface area contributed by atoms with E-state index in [0.717, 1.165) is 0 Å². The van der Waals surface area contributed by atoms with Gasteiger partial charge in [-0.05, 0) is 24.3 Å². The van der Waals surface area contributed by atoms with Crippen LogP contribution in [-0.2, 0) is 9.53 Å². The summed E-state index contributed by atoms with van der Waals surface area (Å²) in [5, 5.41) is 0. The van der Waals surface area contributed by atoms with Crippen LogP contribution in [0, 0.1) is 0 Å². The van der Waals surface area contributed by atoms with Crippen molar-refractivity contribution in [3.05, 3.63) is 95.4 Å². The number of furan rings is 1. The summed E-state index contributed by atoms with van der Waals surface area (Å²) in [5.41, 5.74) is 5.37. The largest absolute Gasteiger partial charge is 0.459 e. The molecule has 3 aromatic rings. The minimum absolute atomic E-state index is 0.0208. The normalized spacial score (nSPS) is 10.1. The predicted molar refractivity (Wildman–Crippen MR) is 101 cm³/mol. The maximum Gasteiger partial charge on any atom is 0.338 e. The van der Waals surface area contributed by atoms with Crippen LogP contribution >= 0.6 is 0 Å². The Bertz CT molecular complexity index is 1010. The minimum atomic E-state index is -0.740. The van der Waals surface area contributed by atoms with E-state index >= 15 is 0 Å². The third-order valence-electron chi connectivity index (χ3n) is 3.81. The van der Waals surface area contributed by atoms with Crippen LogP contribution in [-0.4, -0.2) is 30.2 Å². The molecule has 29 heavy (non-hydrogen) atoms. The summed E-state index contributed by atoms with van der Waals surface area (Å²) in [6, 6.07) is 17.6. The molecule has 8 nitrogen and oxygen atoms in total. The number of hydrogen-bond donors (Lipinski definition) is 2. The van der Waals surface area contributed by atoms with Crippen LogP contribution in [0.1, 0.15) is 36.8 Å². The molecule has 2 N–H and O–H groups in total. The van der Waals surface area contributed by atoms with E-state index in [0.29, 0.717) is 11.1 Å². The lowest BCUT2D eigenvalue weighted by Crippen LogP contribution is -2.43. The third-order valence-corrected chi connectivity index (χ3v) is 3.81. The van der Waals surface area contributed by atoms with Gasteiger partial charge >= 0.3 is 11.9 Å². The van der Waals surface area contributed by atoms with E-state index < -0.39 is 24.4 Å². The Kier molecular flexibility index (Phi) is 6.16. The first kappa shape index (κ1) is 19.6. The minimum Gasteiger partial charge on any atom is -0.459 e. The number of carbonyl (C=O) groups excluding carboxylic acids is 4. The number of carbonyl (C=O) groups is 4. The van der Waals surface area contributed by atoms with Crippen LogP contribution < -0.4 is 10.9 Å². The number of nitrogens with one attached hydrogen (secondary N) is 2. The number of amides is 2. The highest BCUT2D eigenvalue weighted by atomic mass is 16.5. The molecule has 0 atom stereocenters. The quantitative estimate of drug-likeness (QED) is 0.377. The summed E-state index contributed by atoms with van der Waals surface area (Å²) >= 11 is 0. The maximum atomic E-state index is 12.3.